The Bertz CT molecular complexity index is 560. The Morgan fingerprint density at radius 2 is 1.96 bits per heavy atom. The summed E-state index contributed by atoms with van der Waals surface area (Å²) in [7, 11) is 2.83. The molecule has 0 atom stereocenters. The second-order valence-electron chi connectivity index (χ2n) is 5.68. The zero-order chi connectivity index (χ0) is 16.7. The number of methoxy groups -OCH3 is 2. The highest BCUT2D eigenvalue weighted by Crippen LogP contribution is 2.24. The van der Waals surface area contributed by atoms with E-state index in [9.17, 15) is 9.59 Å². The van der Waals surface area contributed by atoms with Crippen molar-refractivity contribution in [2.75, 3.05) is 32.6 Å². The number of amides is 1. The molecule has 0 saturated carbocycles. The number of esters is 1. The summed E-state index contributed by atoms with van der Waals surface area (Å²) in [5.41, 5.74) is 0.745. The first kappa shape index (κ1) is 20.3. The van der Waals surface area contributed by atoms with E-state index in [2.05, 4.69) is 10.6 Å². The highest BCUT2D eigenvalue weighted by atomic mass is 35.5. The van der Waals surface area contributed by atoms with Crippen LogP contribution < -0.4 is 15.4 Å². The molecule has 0 unspecified atom stereocenters. The molecule has 0 aliphatic carbocycles. The van der Waals surface area contributed by atoms with Crippen molar-refractivity contribution in [2.24, 2.45) is 5.92 Å². The Morgan fingerprint density at radius 3 is 2.58 bits per heavy atom. The molecule has 24 heavy (non-hydrogen) atoms. The molecule has 1 saturated heterocycles. The molecule has 134 valence electrons. The standard InChI is InChI=1S/C17H24N2O4.ClH/c1-22-13-4-5-15(14(11-13)17(21)23-2)19-16(20)6-3-12-7-9-18-10-8-12;/h4-5,11-12,18H,3,6-10H2,1-2H3,(H,19,20);1H. The molecule has 2 rings (SSSR count). The number of carbonyl (C=O) groups is 2. The van der Waals surface area contributed by atoms with Gasteiger partial charge in [-0.1, -0.05) is 0 Å². The van der Waals surface area contributed by atoms with Crippen LogP contribution in [-0.2, 0) is 9.53 Å². The van der Waals surface area contributed by atoms with Gasteiger partial charge in [-0.05, 0) is 56.5 Å². The third kappa shape index (κ3) is 5.69. The summed E-state index contributed by atoms with van der Waals surface area (Å²) in [6.45, 7) is 2.05. The number of piperidine rings is 1. The quantitative estimate of drug-likeness (QED) is 0.766. The van der Waals surface area contributed by atoms with Gasteiger partial charge in [0.25, 0.3) is 0 Å². The first-order chi connectivity index (χ1) is 11.1. The van der Waals surface area contributed by atoms with Crippen molar-refractivity contribution < 1.29 is 19.1 Å². The SMILES string of the molecule is COC(=O)c1cc(OC)ccc1NC(=O)CCC1CCNCC1.Cl. The van der Waals surface area contributed by atoms with E-state index in [1.165, 1.54) is 14.2 Å². The minimum Gasteiger partial charge on any atom is -0.497 e. The van der Waals surface area contributed by atoms with Crippen molar-refractivity contribution in [3.63, 3.8) is 0 Å². The Kier molecular flexibility index (Phi) is 8.57. The fourth-order valence-corrected chi connectivity index (χ4v) is 2.76. The van der Waals surface area contributed by atoms with Crippen LogP contribution in [0.2, 0.25) is 0 Å². The van der Waals surface area contributed by atoms with E-state index in [1.807, 2.05) is 0 Å². The van der Waals surface area contributed by atoms with Gasteiger partial charge >= 0.3 is 5.97 Å². The molecule has 2 N–H and O–H groups in total. The molecule has 0 radical (unpaired) electrons. The molecule has 1 fully saturated rings. The second kappa shape index (κ2) is 10.2. The van der Waals surface area contributed by atoms with Gasteiger partial charge in [-0.3, -0.25) is 4.79 Å². The van der Waals surface area contributed by atoms with Gasteiger partial charge in [0, 0.05) is 6.42 Å². The second-order valence-corrected chi connectivity index (χ2v) is 5.68. The van der Waals surface area contributed by atoms with Crippen LogP contribution in [0.3, 0.4) is 0 Å². The maximum Gasteiger partial charge on any atom is 0.340 e. The lowest BCUT2D eigenvalue weighted by molar-refractivity contribution is -0.116. The van der Waals surface area contributed by atoms with Gasteiger partial charge < -0.3 is 20.1 Å². The van der Waals surface area contributed by atoms with Gasteiger partial charge in [0.2, 0.25) is 5.91 Å². The van der Waals surface area contributed by atoms with E-state index in [0.29, 0.717) is 29.3 Å². The van der Waals surface area contributed by atoms with Crippen molar-refractivity contribution in [1.29, 1.82) is 0 Å². The van der Waals surface area contributed by atoms with E-state index in [4.69, 9.17) is 9.47 Å². The first-order valence-electron chi connectivity index (χ1n) is 7.91. The Morgan fingerprint density at radius 1 is 1.25 bits per heavy atom. The van der Waals surface area contributed by atoms with Crippen LogP contribution in [0.4, 0.5) is 5.69 Å². The Labute approximate surface area is 148 Å². The predicted molar refractivity (Wildman–Crippen MR) is 95.0 cm³/mol. The molecule has 0 bridgehead atoms. The van der Waals surface area contributed by atoms with Gasteiger partial charge in [0.05, 0.1) is 25.5 Å². The zero-order valence-electron chi connectivity index (χ0n) is 14.1. The van der Waals surface area contributed by atoms with Gasteiger partial charge in [-0.25, -0.2) is 4.79 Å². The summed E-state index contributed by atoms with van der Waals surface area (Å²) in [4.78, 5) is 24.0. The molecule has 0 spiro atoms. The van der Waals surface area contributed by atoms with E-state index in [0.717, 1.165) is 32.4 Å². The molecule has 1 aromatic rings. The summed E-state index contributed by atoms with van der Waals surface area (Å²) in [5.74, 6) is 0.549. The minimum atomic E-state index is -0.502. The number of halogens is 1. The predicted octanol–water partition coefficient (Wildman–Crippen LogP) is 2.62. The lowest BCUT2D eigenvalue weighted by Crippen LogP contribution is -2.28. The van der Waals surface area contributed by atoms with Crippen molar-refractivity contribution in [3.05, 3.63) is 23.8 Å². The van der Waals surface area contributed by atoms with Gasteiger partial charge in [-0.2, -0.15) is 0 Å². The van der Waals surface area contributed by atoms with Crippen molar-refractivity contribution in [2.45, 2.75) is 25.7 Å². The molecule has 0 aromatic heterocycles. The molecule has 7 heteroatoms. The molecule has 1 heterocycles. The Hall–Kier alpha value is -1.79. The highest BCUT2D eigenvalue weighted by Gasteiger charge is 2.17. The van der Waals surface area contributed by atoms with Crippen LogP contribution in [-0.4, -0.2) is 39.2 Å². The molecule has 1 aromatic carbocycles. The normalized spacial score (nSPS) is 14.4. The van der Waals surface area contributed by atoms with Crippen LogP contribution in [0, 0.1) is 5.92 Å². The van der Waals surface area contributed by atoms with Crippen LogP contribution in [0.5, 0.6) is 5.75 Å². The van der Waals surface area contributed by atoms with E-state index >= 15 is 0 Å². The lowest BCUT2D eigenvalue weighted by Gasteiger charge is -2.22. The highest BCUT2D eigenvalue weighted by molar-refractivity contribution is 6.01. The summed E-state index contributed by atoms with van der Waals surface area (Å²) in [5, 5.41) is 6.12. The fraction of sp³-hybridized carbons (Fsp3) is 0.529. The lowest BCUT2D eigenvalue weighted by atomic mass is 9.93. The number of hydrogen-bond donors (Lipinski definition) is 2. The van der Waals surface area contributed by atoms with E-state index in [1.54, 1.807) is 18.2 Å². The zero-order valence-corrected chi connectivity index (χ0v) is 14.9. The number of benzene rings is 1. The van der Waals surface area contributed by atoms with Crippen molar-refractivity contribution in [1.82, 2.24) is 5.32 Å². The molecule has 1 aliphatic rings. The smallest absolute Gasteiger partial charge is 0.340 e. The monoisotopic (exact) mass is 356 g/mol. The molecule has 1 aliphatic heterocycles. The Balaban J connectivity index is 0.00000288. The number of rotatable bonds is 6. The first-order valence-corrected chi connectivity index (χ1v) is 7.91. The summed E-state index contributed by atoms with van der Waals surface area (Å²) in [6.07, 6.45) is 3.56. The van der Waals surface area contributed by atoms with Gasteiger partial charge in [0.15, 0.2) is 0 Å². The molecular weight excluding hydrogens is 332 g/mol. The van der Waals surface area contributed by atoms with E-state index in [-0.39, 0.29) is 18.3 Å². The molecular formula is C17H25ClN2O4. The maximum absolute atomic E-state index is 12.2. The van der Waals surface area contributed by atoms with E-state index < -0.39 is 5.97 Å². The van der Waals surface area contributed by atoms with Crippen LogP contribution in [0.15, 0.2) is 18.2 Å². The fourth-order valence-electron chi connectivity index (χ4n) is 2.76. The van der Waals surface area contributed by atoms with Gasteiger partial charge in [0.1, 0.15) is 5.75 Å². The van der Waals surface area contributed by atoms with Crippen LogP contribution >= 0.6 is 12.4 Å². The number of anilines is 1. The molecule has 6 nitrogen and oxygen atoms in total. The number of nitrogens with one attached hydrogen (secondary N) is 2. The number of carbonyl (C=O) groups excluding carboxylic acids is 2. The van der Waals surface area contributed by atoms with Crippen LogP contribution in [0.25, 0.3) is 0 Å². The topological polar surface area (TPSA) is 76.7 Å². The third-order valence-corrected chi connectivity index (χ3v) is 4.14. The van der Waals surface area contributed by atoms with Crippen LogP contribution in [0.1, 0.15) is 36.0 Å². The summed E-state index contributed by atoms with van der Waals surface area (Å²) < 4.78 is 9.87. The summed E-state index contributed by atoms with van der Waals surface area (Å²) in [6, 6.07) is 4.93. The minimum absolute atomic E-state index is 0. The van der Waals surface area contributed by atoms with Crippen molar-refractivity contribution in [3.8, 4) is 5.75 Å². The molecule has 1 amide bonds. The van der Waals surface area contributed by atoms with Crippen molar-refractivity contribution >= 4 is 30.0 Å². The number of hydrogen-bond acceptors (Lipinski definition) is 5. The van der Waals surface area contributed by atoms with Gasteiger partial charge in [-0.15, -0.1) is 12.4 Å². The maximum atomic E-state index is 12.2. The number of ether oxygens (including phenoxy) is 2. The third-order valence-electron chi connectivity index (χ3n) is 4.14. The summed E-state index contributed by atoms with van der Waals surface area (Å²) >= 11 is 0. The average Bonchev–Trinajstić information content (AvgIpc) is 2.60. The average molecular weight is 357 g/mol. The largest absolute Gasteiger partial charge is 0.497 e.